The molecule has 1 saturated heterocycles. The summed E-state index contributed by atoms with van der Waals surface area (Å²) in [7, 11) is 0. The van der Waals surface area contributed by atoms with E-state index < -0.39 is 11.7 Å². The average molecular weight is 298 g/mol. The molecule has 1 atom stereocenters. The molecule has 3 rings (SSSR count). The fourth-order valence-electron chi connectivity index (χ4n) is 2.69. The number of nitrogens with zero attached hydrogens (tertiary/aromatic N) is 1. The molecule has 4 nitrogen and oxygen atoms in total. The van der Waals surface area contributed by atoms with Gasteiger partial charge >= 0.3 is 6.18 Å². The van der Waals surface area contributed by atoms with Crippen molar-refractivity contribution in [2.24, 2.45) is 0 Å². The van der Waals surface area contributed by atoms with Crippen LogP contribution in [0, 0.1) is 0 Å². The lowest BCUT2D eigenvalue weighted by Crippen LogP contribution is -2.39. The zero-order valence-corrected chi connectivity index (χ0v) is 11.4. The van der Waals surface area contributed by atoms with Gasteiger partial charge in [-0.05, 0) is 31.5 Å². The summed E-state index contributed by atoms with van der Waals surface area (Å²) in [5, 5.41) is 13.6. The van der Waals surface area contributed by atoms with Crippen molar-refractivity contribution in [3.63, 3.8) is 0 Å². The fraction of sp³-hybridized carbons (Fsp3) is 0.500. The second kappa shape index (κ2) is 5.55. The molecule has 0 bridgehead atoms. The number of aromatic nitrogens is 2. The molecule has 1 aliphatic rings. The molecule has 2 aromatic rings. The highest BCUT2D eigenvalue weighted by atomic mass is 19.4. The summed E-state index contributed by atoms with van der Waals surface area (Å²) < 4.78 is 38.8. The molecule has 3 N–H and O–H groups in total. The Labute approximate surface area is 120 Å². The Morgan fingerprint density at radius 3 is 2.86 bits per heavy atom. The van der Waals surface area contributed by atoms with Crippen LogP contribution >= 0.6 is 0 Å². The molecule has 7 heteroatoms. The van der Waals surface area contributed by atoms with Crippen LogP contribution in [-0.4, -0.2) is 29.3 Å². The van der Waals surface area contributed by atoms with E-state index in [1.807, 2.05) is 0 Å². The van der Waals surface area contributed by atoms with Crippen molar-refractivity contribution in [3.05, 3.63) is 23.9 Å². The SMILES string of the molecule is FC(F)(F)c1cc(NC[C@H]2CCCCN2)c2cn[nH]c2c1. The lowest BCUT2D eigenvalue weighted by atomic mass is 10.0. The third kappa shape index (κ3) is 3.12. The van der Waals surface area contributed by atoms with E-state index in [0.717, 1.165) is 37.9 Å². The predicted molar refractivity (Wildman–Crippen MR) is 75.2 cm³/mol. The molecule has 1 aliphatic heterocycles. The topological polar surface area (TPSA) is 52.7 Å². The first-order valence-electron chi connectivity index (χ1n) is 7.05. The number of benzene rings is 1. The lowest BCUT2D eigenvalue weighted by molar-refractivity contribution is -0.137. The van der Waals surface area contributed by atoms with Gasteiger partial charge in [-0.2, -0.15) is 18.3 Å². The Hall–Kier alpha value is -1.76. The van der Waals surface area contributed by atoms with Crippen LogP contribution in [0.25, 0.3) is 10.9 Å². The smallest absolute Gasteiger partial charge is 0.383 e. The highest BCUT2D eigenvalue weighted by Crippen LogP contribution is 2.34. The molecule has 0 saturated carbocycles. The van der Waals surface area contributed by atoms with Gasteiger partial charge in [0.25, 0.3) is 0 Å². The van der Waals surface area contributed by atoms with Crippen molar-refractivity contribution in [2.45, 2.75) is 31.5 Å². The predicted octanol–water partition coefficient (Wildman–Crippen LogP) is 3.14. The van der Waals surface area contributed by atoms with E-state index in [0.29, 0.717) is 29.2 Å². The zero-order valence-electron chi connectivity index (χ0n) is 11.4. The molecule has 114 valence electrons. The number of hydrogen-bond acceptors (Lipinski definition) is 3. The molecular weight excluding hydrogens is 281 g/mol. The third-order valence-corrected chi connectivity index (χ3v) is 3.84. The molecular formula is C14H17F3N4. The number of H-pyrrole nitrogens is 1. The van der Waals surface area contributed by atoms with Crippen LogP contribution < -0.4 is 10.6 Å². The van der Waals surface area contributed by atoms with Gasteiger partial charge in [0.1, 0.15) is 0 Å². The van der Waals surface area contributed by atoms with Crippen LogP contribution in [0.15, 0.2) is 18.3 Å². The van der Waals surface area contributed by atoms with Gasteiger partial charge in [0.05, 0.1) is 17.3 Å². The van der Waals surface area contributed by atoms with Crippen molar-refractivity contribution >= 4 is 16.6 Å². The Bertz CT molecular complexity index is 614. The molecule has 1 aromatic heterocycles. The summed E-state index contributed by atoms with van der Waals surface area (Å²) in [6.45, 7) is 1.58. The van der Waals surface area contributed by atoms with Crippen molar-refractivity contribution < 1.29 is 13.2 Å². The van der Waals surface area contributed by atoms with Gasteiger partial charge in [-0.1, -0.05) is 6.42 Å². The lowest BCUT2D eigenvalue weighted by Gasteiger charge is -2.24. The normalized spacial score (nSPS) is 19.9. The van der Waals surface area contributed by atoms with E-state index in [-0.39, 0.29) is 0 Å². The molecule has 0 amide bonds. The van der Waals surface area contributed by atoms with Gasteiger partial charge in [-0.25, -0.2) is 0 Å². The molecule has 0 radical (unpaired) electrons. The largest absolute Gasteiger partial charge is 0.416 e. The maximum Gasteiger partial charge on any atom is 0.416 e. The number of fused-ring (bicyclic) bond motifs is 1. The third-order valence-electron chi connectivity index (χ3n) is 3.84. The second-order valence-corrected chi connectivity index (χ2v) is 5.38. The number of halogens is 3. The summed E-state index contributed by atoms with van der Waals surface area (Å²) in [5.41, 5.74) is 0.197. The van der Waals surface area contributed by atoms with Crippen LogP contribution in [0.2, 0.25) is 0 Å². The Morgan fingerprint density at radius 1 is 1.29 bits per heavy atom. The van der Waals surface area contributed by atoms with Crippen LogP contribution in [0.3, 0.4) is 0 Å². The molecule has 21 heavy (non-hydrogen) atoms. The number of hydrogen-bond donors (Lipinski definition) is 3. The van der Waals surface area contributed by atoms with E-state index in [1.54, 1.807) is 6.20 Å². The maximum absolute atomic E-state index is 12.9. The minimum absolute atomic E-state index is 0.301. The first-order valence-corrected chi connectivity index (χ1v) is 7.05. The molecule has 2 heterocycles. The summed E-state index contributed by atoms with van der Waals surface area (Å²) in [6, 6.07) is 2.54. The Balaban J connectivity index is 1.84. The number of aromatic amines is 1. The first kappa shape index (κ1) is 14.2. The summed E-state index contributed by atoms with van der Waals surface area (Å²) >= 11 is 0. The van der Waals surface area contributed by atoms with Crippen LogP contribution in [0.5, 0.6) is 0 Å². The average Bonchev–Trinajstić information content (AvgIpc) is 2.93. The number of anilines is 1. The van der Waals surface area contributed by atoms with E-state index in [2.05, 4.69) is 20.8 Å². The van der Waals surface area contributed by atoms with Crippen molar-refractivity contribution in [3.8, 4) is 0 Å². The first-order chi connectivity index (χ1) is 10.0. The molecule has 1 aromatic carbocycles. The van der Waals surface area contributed by atoms with E-state index in [1.165, 1.54) is 0 Å². The summed E-state index contributed by atoms with van der Waals surface area (Å²) in [4.78, 5) is 0. The van der Waals surface area contributed by atoms with Gasteiger partial charge in [0.15, 0.2) is 0 Å². The minimum Gasteiger partial charge on any atom is -0.383 e. The quantitative estimate of drug-likeness (QED) is 0.816. The second-order valence-electron chi connectivity index (χ2n) is 5.38. The molecule has 1 fully saturated rings. The van der Waals surface area contributed by atoms with Crippen molar-refractivity contribution in [2.75, 3.05) is 18.4 Å². The Kier molecular flexibility index (Phi) is 3.75. The van der Waals surface area contributed by atoms with Gasteiger partial charge in [-0.3, -0.25) is 5.10 Å². The zero-order chi connectivity index (χ0) is 14.9. The van der Waals surface area contributed by atoms with E-state index in [4.69, 9.17) is 0 Å². The minimum atomic E-state index is -4.36. The standard InChI is InChI=1S/C14H17F3N4/c15-14(16,17)9-5-12(11-8-20-21-13(11)6-9)19-7-10-3-1-2-4-18-10/h5-6,8,10,18-19H,1-4,7H2,(H,20,21)/t10-/m1/s1. The monoisotopic (exact) mass is 298 g/mol. The Morgan fingerprint density at radius 2 is 2.14 bits per heavy atom. The number of rotatable bonds is 3. The molecule has 0 spiro atoms. The molecule has 0 unspecified atom stereocenters. The number of alkyl halides is 3. The van der Waals surface area contributed by atoms with Gasteiger partial charge in [0.2, 0.25) is 0 Å². The highest BCUT2D eigenvalue weighted by molar-refractivity contribution is 5.91. The van der Waals surface area contributed by atoms with E-state index >= 15 is 0 Å². The van der Waals surface area contributed by atoms with Gasteiger partial charge in [0, 0.05) is 23.7 Å². The van der Waals surface area contributed by atoms with Crippen molar-refractivity contribution in [1.29, 1.82) is 0 Å². The summed E-state index contributed by atoms with van der Waals surface area (Å²) in [6.07, 6.45) is 0.542. The number of piperidine rings is 1. The summed E-state index contributed by atoms with van der Waals surface area (Å²) in [5.74, 6) is 0. The number of nitrogens with one attached hydrogen (secondary N) is 3. The van der Waals surface area contributed by atoms with Gasteiger partial charge < -0.3 is 10.6 Å². The maximum atomic E-state index is 12.9. The van der Waals surface area contributed by atoms with Crippen LogP contribution in [-0.2, 0) is 6.18 Å². The van der Waals surface area contributed by atoms with Gasteiger partial charge in [-0.15, -0.1) is 0 Å². The molecule has 0 aliphatic carbocycles. The van der Waals surface area contributed by atoms with Crippen LogP contribution in [0.4, 0.5) is 18.9 Å². The fourth-order valence-corrected chi connectivity index (χ4v) is 2.69. The van der Waals surface area contributed by atoms with Crippen molar-refractivity contribution in [1.82, 2.24) is 15.5 Å². The highest BCUT2D eigenvalue weighted by Gasteiger charge is 2.31. The van der Waals surface area contributed by atoms with Crippen LogP contribution in [0.1, 0.15) is 24.8 Å². The van der Waals surface area contributed by atoms with E-state index in [9.17, 15) is 13.2 Å².